The van der Waals surface area contributed by atoms with E-state index in [0.29, 0.717) is 5.02 Å². The number of ether oxygens (including phenoxy) is 1. The molecule has 96 valence electrons. The van der Waals surface area contributed by atoms with E-state index < -0.39 is 0 Å². The van der Waals surface area contributed by atoms with Gasteiger partial charge in [0.2, 0.25) is 0 Å². The number of aryl methyl sites for hydroxylation is 1. The summed E-state index contributed by atoms with van der Waals surface area (Å²) in [4.78, 5) is 2.02. The summed E-state index contributed by atoms with van der Waals surface area (Å²) in [5.41, 5.74) is 2.79. The Kier molecular flexibility index (Phi) is 3.48. The monoisotopic (exact) mass is 265 g/mol. The second-order valence-corrected chi connectivity index (χ2v) is 4.71. The third-order valence-corrected chi connectivity index (χ3v) is 2.94. The minimum atomic E-state index is 0.668. The fourth-order valence-electron chi connectivity index (χ4n) is 1.86. The van der Waals surface area contributed by atoms with Gasteiger partial charge in [0.15, 0.2) is 0 Å². The quantitative estimate of drug-likeness (QED) is 0.855. The minimum absolute atomic E-state index is 0.668. The van der Waals surface area contributed by atoms with Gasteiger partial charge in [-0.15, -0.1) is 0 Å². The number of hydrogen-bond acceptors (Lipinski definition) is 3. The molecule has 1 heterocycles. The molecule has 1 aromatic carbocycles. The van der Waals surface area contributed by atoms with Crippen molar-refractivity contribution in [3.8, 4) is 17.0 Å². The molecule has 0 saturated heterocycles. The van der Waals surface area contributed by atoms with Gasteiger partial charge in [-0.25, -0.2) is 0 Å². The fourth-order valence-corrected chi connectivity index (χ4v) is 2.03. The first-order valence-electron chi connectivity index (χ1n) is 5.58. The summed E-state index contributed by atoms with van der Waals surface area (Å²) in [5, 5.41) is 5.16. The Morgan fingerprint density at radius 1 is 1.33 bits per heavy atom. The van der Waals surface area contributed by atoms with Crippen LogP contribution in [0.15, 0.2) is 24.4 Å². The third kappa shape index (κ3) is 2.29. The van der Waals surface area contributed by atoms with Crippen molar-refractivity contribution in [2.24, 2.45) is 7.05 Å². The van der Waals surface area contributed by atoms with E-state index in [1.54, 1.807) is 11.8 Å². The summed E-state index contributed by atoms with van der Waals surface area (Å²) >= 11 is 6.06. The molecule has 5 heteroatoms. The highest BCUT2D eigenvalue weighted by molar-refractivity contribution is 6.31. The smallest absolute Gasteiger partial charge is 0.128 e. The van der Waals surface area contributed by atoms with Gasteiger partial charge >= 0.3 is 0 Å². The molecule has 0 atom stereocenters. The van der Waals surface area contributed by atoms with Gasteiger partial charge < -0.3 is 9.64 Å². The van der Waals surface area contributed by atoms with Crippen LogP contribution in [0.1, 0.15) is 0 Å². The number of halogens is 1. The first kappa shape index (κ1) is 12.8. The number of anilines is 1. The van der Waals surface area contributed by atoms with Crippen LogP contribution in [0.2, 0.25) is 5.02 Å². The molecule has 0 aliphatic heterocycles. The van der Waals surface area contributed by atoms with E-state index in [4.69, 9.17) is 16.3 Å². The molecule has 0 bridgehead atoms. The van der Waals surface area contributed by atoms with Crippen LogP contribution in [0.5, 0.6) is 5.75 Å². The Morgan fingerprint density at radius 2 is 2.06 bits per heavy atom. The SMILES string of the molecule is COc1ccc(Cl)cc1-c1nn(C)cc1N(C)C. The summed E-state index contributed by atoms with van der Waals surface area (Å²) in [5.74, 6) is 0.765. The van der Waals surface area contributed by atoms with Crippen molar-refractivity contribution in [1.82, 2.24) is 9.78 Å². The molecule has 0 N–H and O–H groups in total. The van der Waals surface area contributed by atoms with Gasteiger partial charge in [0, 0.05) is 37.9 Å². The van der Waals surface area contributed by atoms with Crippen molar-refractivity contribution in [2.75, 3.05) is 26.1 Å². The Hall–Kier alpha value is -1.68. The maximum absolute atomic E-state index is 6.06. The van der Waals surface area contributed by atoms with Crippen molar-refractivity contribution in [3.63, 3.8) is 0 Å². The molecule has 2 rings (SSSR count). The van der Waals surface area contributed by atoms with Crippen molar-refractivity contribution < 1.29 is 4.74 Å². The molecule has 18 heavy (non-hydrogen) atoms. The van der Waals surface area contributed by atoms with Crippen LogP contribution in [0.25, 0.3) is 11.3 Å². The zero-order valence-corrected chi connectivity index (χ0v) is 11.7. The molecule has 0 fully saturated rings. The molecular formula is C13H16ClN3O. The standard InChI is InChI=1S/C13H16ClN3O/c1-16(2)11-8-17(3)15-13(11)10-7-9(14)5-6-12(10)18-4/h5-8H,1-4H3. The number of aromatic nitrogens is 2. The van der Waals surface area contributed by atoms with Crippen molar-refractivity contribution in [1.29, 1.82) is 0 Å². The van der Waals surface area contributed by atoms with E-state index in [-0.39, 0.29) is 0 Å². The zero-order chi connectivity index (χ0) is 13.3. The maximum Gasteiger partial charge on any atom is 0.128 e. The van der Waals surface area contributed by atoms with Crippen molar-refractivity contribution in [3.05, 3.63) is 29.4 Å². The highest BCUT2D eigenvalue weighted by atomic mass is 35.5. The van der Waals surface area contributed by atoms with E-state index in [1.807, 2.05) is 50.4 Å². The second-order valence-electron chi connectivity index (χ2n) is 4.28. The van der Waals surface area contributed by atoms with Gasteiger partial charge in [0.05, 0.1) is 12.8 Å². The molecule has 0 radical (unpaired) electrons. The predicted octanol–water partition coefficient (Wildman–Crippen LogP) is 2.82. The van der Waals surface area contributed by atoms with Gasteiger partial charge in [0.25, 0.3) is 0 Å². The van der Waals surface area contributed by atoms with Crippen LogP contribution < -0.4 is 9.64 Å². The molecule has 0 unspecified atom stereocenters. The van der Waals surface area contributed by atoms with E-state index in [9.17, 15) is 0 Å². The number of rotatable bonds is 3. The normalized spacial score (nSPS) is 10.5. The molecule has 0 amide bonds. The molecule has 1 aromatic heterocycles. The summed E-state index contributed by atoms with van der Waals surface area (Å²) in [6, 6.07) is 5.53. The lowest BCUT2D eigenvalue weighted by Crippen LogP contribution is -2.08. The third-order valence-electron chi connectivity index (χ3n) is 2.71. The Balaban J connectivity index is 2.64. The Bertz CT molecular complexity index is 563. The number of benzene rings is 1. The van der Waals surface area contributed by atoms with E-state index >= 15 is 0 Å². The van der Waals surface area contributed by atoms with E-state index in [0.717, 1.165) is 22.7 Å². The summed E-state index contributed by atoms with van der Waals surface area (Å²) in [6.45, 7) is 0. The van der Waals surface area contributed by atoms with Crippen molar-refractivity contribution >= 4 is 17.3 Å². The van der Waals surface area contributed by atoms with Crippen LogP contribution in [0.3, 0.4) is 0 Å². The van der Waals surface area contributed by atoms with Crippen LogP contribution in [0, 0.1) is 0 Å². The summed E-state index contributed by atoms with van der Waals surface area (Å²) in [7, 11) is 7.51. The average Bonchev–Trinajstić information content (AvgIpc) is 2.71. The van der Waals surface area contributed by atoms with Gasteiger partial charge in [-0.05, 0) is 18.2 Å². The molecule has 4 nitrogen and oxygen atoms in total. The zero-order valence-electron chi connectivity index (χ0n) is 10.9. The Labute approximate surface area is 112 Å². The number of nitrogens with zero attached hydrogens (tertiary/aromatic N) is 3. The number of hydrogen-bond donors (Lipinski definition) is 0. The first-order valence-corrected chi connectivity index (χ1v) is 5.95. The Morgan fingerprint density at radius 3 is 2.67 bits per heavy atom. The first-order chi connectivity index (χ1) is 8.52. The van der Waals surface area contributed by atoms with Crippen molar-refractivity contribution in [2.45, 2.75) is 0 Å². The lowest BCUT2D eigenvalue weighted by atomic mass is 10.1. The predicted molar refractivity (Wildman–Crippen MR) is 74.5 cm³/mol. The van der Waals surface area contributed by atoms with E-state index in [1.165, 1.54) is 0 Å². The van der Waals surface area contributed by atoms with Gasteiger partial charge in [-0.3, -0.25) is 4.68 Å². The minimum Gasteiger partial charge on any atom is -0.496 e. The second kappa shape index (κ2) is 4.90. The average molecular weight is 266 g/mol. The maximum atomic E-state index is 6.06. The van der Waals surface area contributed by atoms with Crippen LogP contribution in [-0.4, -0.2) is 31.0 Å². The number of methoxy groups -OCH3 is 1. The van der Waals surface area contributed by atoms with Crippen LogP contribution >= 0.6 is 11.6 Å². The van der Waals surface area contributed by atoms with Crippen LogP contribution in [0.4, 0.5) is 5.69 Å². The molecule has 0 aliphatic rings. The molecule has 0 spiro atoms. The molecule has 2 aromatic rings. The summed E-state index contributed by atoms with van der Waals surface area (Å²) < 4.78 is 7.16. The summed E-state index contributed by atoms with van der Waals surface area (Å²) in [6.07, 6.45) is 1.97. The molecule has 0 saturated carbocycles. The van der Waals surface area contributed by atoms with Gasteiger partial charge in [0.1, 0.15) is 11.4 Å². The largest absolute Gasteiger partial charge is 0.496 e. The van der Waals surface area contributed by atoms with Gasteiger partial charge in [-0.1, -0.05) is 11.6 Å². The highest BCUT2D eigenvalue weighted by Gasteiger charge is 2.16. The fraction of sp³-hybridized carbons (Fsp3) is 0.308. The lowest BCUT2D eigenvalue weighted by molar-refractivity contribution is 0.416. The molecule has 0 aliphatic carbocycles. The molecular weight excluding hydrogens is 250 g/mol. The topological polar surface area (TPSA) is 30.3 Å². The van der Waals surface area contributed by atoms with Gasteiger partial charge in [-0.2, -0.15) is 5.10 Å². The van der Waals surface area contributed by atoms with E-state index in [2.05, 4.69) is 5.10 Å². The highest BCUT2D eigenvalue weighted by Crippen LogP contribution is 2.36. The lowest BCUT2D eigenvalue weighted by Gasteiger charge is -2.13. The van der Waals surface area contributed by atoms with Crippen LogP contribution in [-0.2, 0) is 7.05 Å².